The predicted octanol–water partition coefficient (Wildman–Crippen LogP) is 1.96. The van der Waals surface area contributed by atoms with Gasteiger partial charge in [-0.05, 0) is 31.5 Å². The molecule has 1 aliphatic heterocycles. The average Bonchev–Trinajstić information content (AvgIpc) is 2.80. The first-order valence-corrected chi connectivity index (χ1v) is 10.9. The van der Waals surface area contributed by atoms with Crippen LogP contribution in [0.15, 0.2) is 35.4 Å². The van der Waals surface area contributed by atoms with Gasteiger partial charge < -0.3 is 30.2 Å². The van der Waals surface area contributed by atoms with E-state index in [1.54, 1.807) is 0 Å². The van der Waals surface area contributed by atoms with Crippen LogP contribution >= 0.6 is 11.6 Å². The first-order valence-electron chi connectivity index (χ1n) is 10.6. The van der Waals surface area contributed by atoms with E-state index in [1.165, 1.54) is 6.92 Å². The molecule has 0 spiro atoms. The number of aromatic nitrogens is 1. The van der Waals surface area contributed by atoms with Crippen molar-refractivity contribution in [3.8, 4) is 0 Å². The van der Waals surface area contributed by atoms with Crippen molar-refractivity contribution in [2.45, 2.75) is 19.5 Å². The molecule has 1 aromatic carbocycles. The third kappa shape index (κ3) is 7.48. The Labute approximate surface area is 199 Å². The Bertz CT molecular complexity index is 965. The van der Waals surface area contributed by atoms with E-state index in [1.807, 2.05) is 37.3 Å². The number of pyridine rings is 1. The highest BCUT2D eigenvalue weighted by molar-refractivity contribution is 6.31. The first kappa shape index (κ1) is 25.1. The lowest BCUT2D eigenvalue weighted by atomic mass is 9.97. The van der Waals surface area contributed by atoms with Gasteiger partial charge in [-0.15, -0.1) is 0 Å². The van der Waals surface area contributed by atoms with Gasteiger partial charge in [0.05, 0.1) is 31.2 Å². The van der Waals surface area contributed by atoms with Gasteiger partial charge in [-0.3, -0.25) is 11.3 Å². The van der Waals surface area contributed by atoms with E-state index in [9.17, 15) is 5.11 Å². The van der Waals surface area contributed by atoms with Crippen LogP contribution in [0.25, 0.3) is 0 Å². The average molecular weight is 474 g/mol. The number of hydrazone groups is 1. The van der Waals surface area contributed by atoms with Crippen molar-refractivity contribution in [2.75, 3.05) is 60.5 Å². The fourth-order valence-electron chi connectivity index (χ4n) is 3.26. The SMILES string of the molecule is [B]C(C)(O)OCCNc1nc(N/N=C(\C)c2cccc(Cl)c2)cc(N2CCOCC2)c1NN. The lowest BCUT2D eigenvalue weighted by Gasteiger charge is -2.31. The molecule has 10 nitrogen and oxygen atoms in total. The second-order valence-corrected chi connectivity index (χ2v) is 8.08. The number of nitrogens with two attached hydrogens (primary N) is 1. The van der Waals surface area contributed by atoms with Crippen molar-refractivity contribution in [3.05, 3.63) is 40.9 Å². The number of halogens is 1. The highest BCUT2D eigenvalue weighted by atomic mass is 35.5. The van der Waals surface area contributed by atoms with Crippen LogP contribution in [-0.4, -0.2) is 68.8 Å². The van der Waals surface area contributed by atoms with Crippen LogP contribution in [-0.2, 0) is 9.47 Å². The maximum absolute atomic E-state index is 9.54. The van der Waals surface area contributed by atoms with Gasteiger partial charge in [0, 0.05) is 30.7 Å². The molecule has 1 atom stereocenters. The summed E-state index contributed by atoms with van der Waals surface area (Å²) in [6.07, 6.45) is 0. The number of hydrogen-bond donors (Lipinski definition) is 5. The Morgan fingerprint density at radius 2 is 2.15 bits per heavy atom. The number of benzene rings is 1. The number of ether oxygens (including phenoxy) is 2. The van der Waals surface area contributed by atoms with Gasteiger partial charge in [-0.25, -0.2) is 4.98 Å². The summed E-state index contributed by atoms with van der Waals surface area (Å²) in [6, 6.07) is 9.33. The number of hydrogen-bond acceptors (Lipinski definition) is 10. The molecule has 176 valence electrons. The molecular formula is C21H29BClN7O3. The highest BCUT2D eigenvalue weighted by Crippen LogP contribution is 2.34. The Hall–Kier alpha value is -2.57. The summed E-state index contributed by atoms with van der Waals surface area (Å²) in [6.45, 7) is 6.39. The highest BCUT2D eigenvalue weighted by Gasteiger charge is 2.20. The molecule has 0 amide bonds. The summed E-state index contributed by atoms with van der Waals surface area (Å²) >= 11 is 6.09. The molecule has 1 aromatic heterocycles. The summed E-state index contributed by atoms with van der Waals surface area (Å²) in [4.78, 5) is 6.77. The predicted molar refractivity (Wildman–Crippen MR) is 133 cm³/mol. The second kappa shape index (κ2) is 11.5. The Balaban J connectivity index is 1.85. The van der Waals surface area contributed by atoms with Gasteiger partial charge in [0.25, 0.3) is 0 Å². The molecule has 1 fully saturated rings. The van der Waals surface area contributed by atoms with Crippen LogP contribution in [0.3, 0.4) is 0 Å². The maximum atomic E-state index is 9.54. The molecule has 0 saturated carbocycles. The van der Waals surface area contributed by atoms with Crippen LogP contribution in [0.2, 0.25) is 5.02 Å². The molecular weight excluding hydrogens is 445 g/mol. The van der Waals surface area contributed by atoms with Gasteiger partial charge in [0.15, 0.2) is 19.5 Å². The minimum atomic E-state index is -1.71. The van der Waals surface area contributed by atoms with Gasteiger partial charge in [-0.2, -0.15) is 5.10 Å². The Morgan fingerprint density at radius 1 is 1.39 bits per heavy atom. The zero-order valence-electron chi connectivity index (χ0n) is 18.8. The van der Waals surface area contributed by atoms with Gasteiger partial charge >= 0.3 is 0 Å². The molecule has 1 unspecified atom stereocenters. The normalized spacial score (nSPS) is 16.3. The zero-order chi connectivity index (χ0) is 23.8. The second-order valence-electron chi connectivity index (χ2n) is 7.64. The summed E-state index contributed by atoms with van der Waals surface area (Å²) in [7, 11) is 5.45. The lowest BCUT2D eigenvalue weighted by Crippen LogP contribution is -2.37. The van der Waals surface area contributed by atoms with Crippen LogP contribution < -0.4 is 26.9 Å². The number of nitrogens with zero attached hydrogens (tertiary/aromatic N) is 3. The van der Waals surface area contributed by atoms with Crippen molar-refractivity contribution >= 4 is 48.2 Å². The van der Waals surface area contributed by atoms with Crippen LogP contribution in [0.4, 0.5) is 23.0 Å². The summed E-state index contributed by atoms with van der Waals surface area (Å²) in [5, 5.41) is 17.8. The van der Waals surface area contributed by atoms with Crippen molar-refractivity contribution in [3.63, 3.8) is 0 Å². The summed E-state index contributed by atoms with van der Waals surface area (Å²) < 4.78 is 10.6. The van der Waals surface area contributed by atoms with E-state index < -0.39 is 5.69 Å². The Kier molecular flexibility index (Phi) is 8.76. The third-order valence-electron chi connectivity index (χ3n) is 4.86. The number of hydrazine groups is 1. The van der Waals surface area contributed by atoms with Crippen LogP contribution in [0.1, 0.15) is 19.4 Å². The van der Waals surface area contributed by atoms with E-state index in [-0.39, 0.29) is 6.61 Å². The molecule has 2 radical (unpaired) electrons. The summed E-state index contributed by atoms with van der Waals surface area (Å²) in [5.74, 6) is 6.87. The quantitative estimate of drug-likeness (QED) is 0.0878. The largest absolute Gasteiger partial charge is 0.378 e. The Morgan fingerprint density at radius 3 is 2.82 bits per heavy atom. The van der Waals surface area contributed by atoms with E-state index >= 15 is 0 Å². The number of anilines is 4. The number of aliphatic hydroxyl groups is 1. The number of morpholine rings is 1. The fourth-order valence-corrected chi connectivity index (χ4v) is 3.45. The lowest BCUT2D eigenvalue weighted by molar-refractivity contribution is -0.121. The maximum Gasteiger partial charge on any atom is 0.155 e. The monoisotopic (exact) mass is 473 g/mol. The zero-order valence-corrected chi connectivity index (χ0v) is 19.5. The molecule has 3 rings (SSSR count). The van der Waals surface area contributed by atoms with Crippen LogP contribution in [0.5, 0.6) is 0 Å². The molecule has 6 N–H and O–H groups in total. The molecule has 12 heteroatoms. The summed E-state index contributed by atoms with van der Waals surface area (Å²) in [5.41, 5.74) is 7.18. The van der Waals surface area contributed by atoms with Crippen LogP contribution in [0, 0.1) is 0 Å². The van der Waals surface area contributed by atoms with Crippen molar-refractivity contribution < 1.29 is 14.6 Å². The smallest absolute Gasteiger partial charge is 0.155 e. The van der Waals surface area contributed by atoms with E-state index in [0.717, 1.165) is 17.0 Å². The molecule has 1 saturated heterocycles. The topological polar surface area (TPSA) is 129 Å². The van der Waals surface area contributed by atoms with Gasteiger partial charge in [0.2, 0.25) is 0 Å². The van der Waals surface area contributed by atoms with Gasteiger partial charge in [0.1, 0.15) is 11.4 Å². The molecule has 1 aliphatic rings. The van der Waals surface area contributed by atoms with E-state index in [0.29, 0.717) is 55.2 Å². The number of nitrogen functional groups attached to an aromatic ring is 1. The van der Waals surface area contributed by atoms with Crippen molar-refractivity contribution in [1.29, 1.82) is 0 Å². The molecule has 2 heterocycles. The minimum absolute atomic E-state index is 0.158. The first-order chi connectivity index (χ1) is 15.8. The van der Waals surface area contributed by atoms with Gasteiger partial charge in [-0.1, -0.05) is 23.7 Å². The van der Waals surface area contributed by atoms with Crippen molar-refractivity contribution in [2.24, 2.45) is 10.9 Å². The fraction of sp³-hybridized carbons (Fsp3) is 0.429. The van der Waals surface area contributed by atoms with Crippen molar-refractivity contribution in [1.82, 2.24) is 4.98 Å². The third-order valence-corrected chi connectivity index (χ3v) is 5.10. The van der Waals surface area contributed by atoms with E-state index in [2.05, 4.69) is 31.2 Å². The standard InChI is InChI=1S/C21H29BClN7O3/c1-14(15-4-3-5-16(23)12-15)28-29-18-13-17(30-7-10-32-11-8-30)19(27-24)20(26-18)25-6-9-33-21(2,22)31/h3-5,12-13,27,31H,6-11,24H2,1-2H3,(H2,25,26,29)/b28-14+. The molecule has 0 bridgehead atoms. The molecule has 33 heavy (non-hydrogen) atoms. The number of rotatable bonds is 10. The number of nitrogens with one attached hydrogen (secondary N) is 3. The molecule has 0 aliphatic carbocycles. The minimum Gasteiger partial charge on any atom is -0.378 e. The molecule has 2 aromatic rings. The van der Waals surface area contributed by atoms with E-state index in [4.69, 9.17) is 34.8 Å².